The van der Waals surface area contributed by atoms with E-state index in [4.69, 9.17) is 9.47 Å². The van der Waals surface area contributed by atoms with Crippen molar-refractivity contribution in [3.8, 4) is 11.1 Å². The highest BCUT2D eigenvalue weighted by molar-refractivity contribution is 5.79. The van der Waals surface area contributed by atoms with E-state index in [2.05, 4.69) is 75.4 Å². The predicted molar refractivity (Wildman–Crippen MR) is 122 cm³/mol. The van der Waals surface area contributed by atoms with Crippen LogP contribution in [0, 0.1) is 5.41 Å². The summed E-state index contributed by atoms with van der Waals surface area (Å²) in [6.45, 7) is 8.28. The highest BCUT2D eigenvalue weighted by atomic mass is 16.6. The number of nitrogens with zero attached hydrogens (tertiary/aromatic N) is 1. The molecule has 5 rings (SSSR count). The molecule has 2 unspecified atom stereocenters. The maximum absolute atomic E-state index is 13.2. The van der Waals surface area contributed by atoms with Gasteiger partial charge in [0, 0.05) is 5.92 Å². The molecular formula is C27H31NO3. The molecular weight excluding hydrogens is 386 g/mol. The van der Waals surface area contributed by atoms with E-state index in [-0.39, 0.29) is 29.5 Å². The van der Waals surface area contributed by atoms with E-state index >= 15 is 0 Å². The van der Waals surface area contributed by atoms with Crippen LogP contribution < -0.4 is 0 Å². The topological polar surface area (TPSA) is 38.8 Å². The molecule has 0 radical (unpaired) electrons. The van der Waals surface area contributed by atoms with Gasteiger partial charge in [-0.15, -0.1) is 0 Å². The van der Waals surface area contributed by atoms with Crippen molar-refractivity contribution in [2.75, 3.05) is 19.8 Å². The zero-order chi connectivity index (χ0) is 21.6. The molecule has 2 atom stereocenters. The van der Waals surface area contributed by atoms with Crippen molar-refractivity contribution >= 4 is 6.09 Å². The van der Waals surface area contributed by atoms with Crippen LogP contribution in [0.5, 0.6) is 0 Å². The molecule has 1 aliphatic carbocycles. The van der Waals surface area contributed by atoms with Crippen LogP contribution in [0.1, 0.15) is 50.7 Å². The molecule has 31 heavy (non-hydrogen) atoms. The summed E-state index contributed by atoms with van der Waals surface area (Å²) in [6.07, 6.45) is 3.95. The van der Waals surface area contributed by atoms with Crippen molar-refractivity contribution in [3.05, 3.63) is 71.3 Å². The van der Waals surface area contributed by atoms with Gasteiger partial charge in [0.2, 0.25) is 0 Å². The molecule has 1 amide bonds. The predicted octanol–water partition coefficient (Wildman–Crippen LogP) is 5.77. The minimum absolute atomic E-state index is 0.0273. The quantitative estimate of drug-likeness (QED) is 0.595. The first-order chi connectivity index (χ1) is 14.9. The Bertz CT molecular complexity index is 974. The van der Waals surface area contributed by atoms with Gasteiger partial charge in [-0.1, -0.05) is 81.0 Å². The first-order valence-electron chi connectivity index (χ1n) is 11.3. The second kappa shape index (κ2) is 7.83. The Hall–Kier alpha value is -2.59. The number of ether oxygens (including phenoxy) is 2. The van der Waals surface area contributed by atoms with Gasteiger partial charge in [-0.2, -0.15) is 0 Å². The second-order valence-electron chi connectivity index (χ2n) is 10.2. The van der Waals surface area contributed by atoms with Crippen molar-refractivity contribution in [2.45, 2.75) is 51.6 Å². The van der Waals surface area contributed by atoms with Gasteiger partial charge in [0.25, 0.3) is 0 Å². The molecule has 0 aromatic heterocycles. The third kappa shape index (κ3) is 3.89. The number of hydrogen-bond acceptors (Lipinski definition) is 3. The fourth-order valence-electron chi connectivity index (χ4n) is 5.45. The Morgan fingerprint density at radius 2 is 1.68 bits per heavy atom. The monoisotopic (exact) mass is 417 g/mol. The fourth-order valence-corrected chi connectivity index (χ4v) is 5.45. The van der Waals surface area contributed by atoms with Crippen molar-refractivity contribution in [2.24, 2.45) is 5.41 Å². The van der Waals surface area contributed by atoms with Crippen molar-refractivity contribution in [1.29, 1.82) is 0 Å². The fraction of sp³-hybridized carbons (Fsp3) is 0.444. The lowest BCUT2D eigenvalue weighted by atomic mass is 9.82. The molecule has 0 saturated carbocycles. The van der Waals surface area contributed by atoms with Crippen LogP contribution in [0.2, 0.25) is 0 Å². The van der Waals surface area contributed by atoms with Gasteiger partial charge in [0.05, 0.1) is 25.3 Å². The van der Waals surface area contributed by atoms with E-state index in [1.54, 1.807) is 0 Å². The largest absolute Gasteiger partial charge is 0.448 e. The molecule has 2 aromatic carbocycles. The number of carbonyl (C=O) groups excluding carboxylic acids is 1. The van der Waals surface area contributed by atoms with Gasteiger partial charge in [0.15, 0.2) is 0 Å². The van der Waals surface area contributed by atoms with Crippen LogP contribution in [0.4, 0.5) is 4.79 Å². The number of fused-ring (bicyclic) bond motifs is 5. The Morgan fingerprint density at radius 1 is 1.03 bits per heavy atom. The minimum atomic E-state index is -0.216. The number of amides is 1. The molecule has 1 saturated heterocycles. The summed E-state index contributed by atoms with van der Waals surface area (Å²) in [6, 6.07) is 16.9. The smallest absolute Gasteiger partial charge is 0.410 e. The lowest BCUT2D eigenvalue weighted by molar-refractivity contribution is -0.0369. The summed E-state index contributed by atoms with van der Waals surface area (Å²) in [5.41, 5.74) is 6.66. The van der Waals surface area contributed by atoms with Crippen LogP contribution in [-0.2, 0) is 9.47 Å². The molecule has 0 spiro atoms. The minimum Gasteiger partial charge on any atom is -0.448 e. The maximum Gasteiger partial charge on any atom is 0.410 e. The summed E-state index contributed by atoms with van der Waals surface area (Å²) >= 11 is 0. The van der Waals surface area contributed by atoms with Crippen LogP contribution in [0.3, 0.4) is 0 Å². The number of morpholine rings is 1. The molecule has 4 heteroatoms. The summed E-state index contributed by atoms with van der Waals surface area (Å²) in [5.74, 6) is 0.0872. The van der Waals surface area contributed by atoms with Gasteiger partial charge in [-0.3, -0.25) is 4.90 Å². The van der Waals surface area contributed by atoms with Gasteiger partial charge in [0.1, 0.15) is 6.61 Å². The average Bonchev–Trinajstić information content (AvgIpc) is 3.04. The van der Waals surface area contributed by atoms with Crippen molar-refractivity contribution in [1.82, 2.24) is 4.90 Å². The lowest BCUT2D eigenvalue weighted by Gasteiger charge is -2.44. The van der Waals surface area contributed by atoms with Gasteiger partial charge in [-0.05, 0) is 40.5 Å². The molecule has 2 heterocycles. The third-order valence-electron chi connectivity index (χ3n) is 6.58. The van der Waals surface area contributed by atoms with Crippen LogP contribution in [0.15, 0.2) is 60.2 Å². The molecule has 1 fully saturated rings. The summed E-state index contributed by atoms with van der Waals surface area (Å²) in [5, 5.41) is 0. The Kier molecular flexibility index (Phi) is 5.13. The van der Waals surface area contributed by atoms with E-state index < -0.39 is 0 Å². The standard InChI is InChI=1S/C27H31NO3/c1-27(2,3)14-18-12-19-15-30-16-20(13-18)28(19)26(29)31-17-25-23-10-6-4-8-21(23)22-9-5-7-11-24(22)25/h4-12,19-20,25H,13-17H2,1-3H3. The molecule has 162 valence electrons. The van der Waals surface area contributed by atoms with Gasteiger partial charge < -0.3 is 9.47 Å². The maximum atomic E-state index is 13.2. The average molecular weight is 418 g/mol. The van der Waals surface area contributed by atoms with Gasteiger partial charge >= 0.3 is 6.09 Å². The number of hydrogen-bond donors (Lipinski definition) is 0. The first-order valence-corrected chi connectivity index (χ1v) is 11.3. The zero-order valence-electron chi connectivity index (χ0n) is 18.6. The second-order valence-corrected chi connectivity index (χ2v) is 10.2. The number of carbonyl (C=O) groups is 1. The lowest BCUT2D eigenvalue weighted by Crippen LogP contribution is -2.56. The highest BCUT2D eigenvalue weighted by Crippen LogP contribution is 2.44. The first kappa shape index (κ1) is 20.3. The highest BCUT2D eigenvalue weighted by Gasteiger charge is 2.40. The van der Waals surface area contributed by atoms with E-state index in [1.807, 2.05) is 4.90 Å². The van der Waals surface area contributed by atoms with E-state index in [1.165, 1.54) is 27.8 Å². The van der Waals surface area contributed by atoms with Gasteiger partial charge in [-0.25, -0.2) is 4.79 Å². The van der Waals surface area contributed by atoms with E-state index in [0.29, 0.717) is 19.8 Å². The summed E-state index contributed by atoms with van der Waals surface area (Å²) in [4.78, 5) is 15.1. The number of rotatable bonds is 3. The summed E-state index contributed by atoms with van der Waals surface area (Å²) in [7, 11) is 0. The van der Waals surface area contributed by atoms with Crippen LogP contribution >= 0.6 is 0 Å². The third-order valence-corrected chi connectivity index (χ3v) is 6.58. The molecule has 2 bridgehead atoms. The molecule has 2 aromatic rings. The molecule has 0 N–H and O–H groups in total. The number of benzene rings is 2. The Balaban J connectivity index is 1.32. The van der Waals surface area contributed by atoms with Crippen molar-refractivity contribution < 1.29 is 14.3 Å². The summed E-state index contributed by atoms with van der Waals surface area (Å²) < 4.78 is 11.7. The normalized spacial score (nSPS) is 22.5. The van der Waals surface area contributed by atoms with Crippen LogP contribution in [0.25, 0.3) is 11.1 Å². The zero-order valence-corrected chi connectivity index (χ0v) is 18.6. The van der Waals surface area contributed by atoms with E-state index in [0.717, 1.165) is 12.8 Å². The van der Waals surface area contributed by atoms with Crippen LogP contribution in [-0.4, -0.2) is 42.9 Å². The SMILES string of the molecule is CC(C)(C)CC1=CC2COCC(C1)N2C(=O)OCC1c2ccccc2-c2ccccc21. The molecule has 4 nitrogen and oxygen atoms in total. The molecule has 2 aliphatic heterocycles. The Labute approximate surface area is 184 Å². The van der Waals surface area contributed by atoms with Crippen molar-refractivity contribution in [3.63, 3.8) is 0 Å². The molecule has 3 aliphatic rings. The Morgan fingerprint density at radius 3 is 2.29 bits per heavy atom. The van der Waals surface area contributed by atoms with E-state index in [9.17, 15) is 4.79 Å².